The monoisotopic (exact) mass is 234 g/mol. The largest absolute Gasteiger partial charge is 0.382 e. The van der Waals surface area contributed by atoms with Gasteiger partial charge < -0.3 is 11.5 Å². The number of azo groups is 1. The highest BCUT2D eigenvalue weighted by Crippen LogP contribution is 2.29. The van der Waals surface area contributed by atoms with Crippen molar-refractivity contribution in [2.45, 2.75) is 6.92 Å². The van der Waals surface area contributed by atoms with Crippen molar-refractivity contribution >= 4 is 23.0 Å². The second kappa shape index (κ2) is 4.20. The summed E-state index contributed by atoms with van der Waals surface area (Å²) < 4.78 is 12.9. The maximum Gasteiger partial charge on any atom is 0.175 e. The summed E-state index contributed by atoms with van der Waals surface area (Å²) in [6.07, 6.45) is 0. The number of halogens is 1. The van der Waals surface area contributed by atoms with E-state index < -0.39 is 0 Å². The fourth-order valence-corrected chi connectivity index (χ4v) is 1.30. The summed E-state index contributed by atoms with van der Waals surface area (Å²) >= 11 is 0. The molecule has 17 heavy (non-hydrogen) atoms. The summed E-state index contributed by atoms with van der Waals surface area (Å²) in [5, 5.41) is 14.0. The zero-order valence-electron chi connectivity index (χ0n) is 9.11. The van der Waals surface area contributed by atoms with Gasteiger partial charge in [-0.2, -0.15) is 10.2 Å². The minimum atomic E-state index is -0.316. The Morgan fingerprint density at radius 1 is 1.29 bits per heavy atom. The van der Waals surface area contributed by atoms with Crippen LogP contribution in [0.2, 0.25) is 0 Å². The van der Waals surface area contributed by atoms with Gasteiger partial charge in [0.25, 0.3) is 0 Å². The molecule has 0 aliphatic carbocycles. The summed E-state index contributed by atoms with van der Waals surface area (Å²) in [7, 11) is 0. The minimum absolute atomic E-state index is 0.172. The van der Waals surface area contributed by atoms with Gasteiger partial charge in [-0.15, -0.1) is 5.11 Å². The molecule has 6 nitrogen and oxygen atoms in total. The number of hydrogen-bond donors (Lipinski definition) is 3. The SMILES string of the molecule is Cc1cc(F)ccc1N=Nc1c(N)n[nH]c1N. The van der Waals surface area contributed by atoms with Crippen LogP contribution in [-0.4, -0.2) is 10.2 Å². The number of nitrogens with one attached hydrogen (secondary N) is 1. The molecule has 0 spiro atoms. The lowest BCUT2D eigenvalue weighted by molar-refractivity contribution is 0.626. The van der Waals surface area contributed by atoms with Crippen LogP contribution in [-0.2, 0) is 0 Å². The molecule has 0 radical (unpaired) electrons. The molecule has 7 heteroatoms. The molecule has 0 saturated carbocycles. The van der Waals surface area contributed by atoms with E-state index in [0.29, 0.717) is 11.3 Å². The minimum Gasteiger partial charge on any atom is -0.382 e. The molecule has 1 aromatic carbocycles. The van der Waals surface area contributed by atoms with Crippen molar-refractivity contribution < 1.29 is 4.39 Å². The van der Waals surface area contributed by atoms with Crippen LogP contribution < -0.4 is 11.5 Å². The molecule has 88 valence electrons. The Labute approximate surface area is 96.5 Å². The number of aromatic amines is 1. The van der Waals surface area contributed by atoms with Gasteiger partial charge in [0.05, 0.1) is 5.69 Å². The normalized spacial score (nSPS) is 11.2. The van der Waals surface area contributed by atoms with Gasteiger partial charge >= 0.3 is 0 Å². The lowest BCUT2D eigenvalue weighted by atomic mass is 10.2. The molecule has 5 N–H and O–H groups in total. The number of nitrogen functional groups attached to an aromatic ring is 2. The van der Waals surface area contributed by atoms with Crippen LogP contribution in [0.4, 0.5) is 27.4 Å². The number of hydrogen-bond acceptors (Lipinski definition) is 5. The molecule has 2 aromatic rings. The van der Waals surface area contributed by atoms with E-state index in [-0.39, 0.29) is 23.1 Å². The number of benzene rings is 1. The van der Waals surface area contributed by atoms with Gasteiger partial charge in [-0.25, -0.2) is 4.39 Å². The third-order valence-electron chi connectivity index (χ3n) is 2.21. The molecular formula is C10H11FN6. The van der Waals surface area contributed by atoms with Crippen LogP contribution in [0.25, 0.3) is 0 Å². The molecule has 0 fully saturated rings. The first-order valence-corrected chi connectivity index (χ1v) is 4.85. The number of aromatic nitrogens is 2. The molecule has 0 saturated heterocycles. The highest BCUT2D eigenvalue weighted by Gasteiger charge is 2.06. The quantitative estimate of drug-likeness (QED) is 0.694. The standard InChI is InChI=1S/C10H11FN6/c1-5-4-6(11)2-3-7(5)14-15-8-9(12)16-17-10(8)13/h2-4H,1H3,(H5,12,13,16,17). The van der Waals surface area contributed by atoms with Crippen molar-refractivity contribution in [1.29, 1.82) is 0 Å². The van der Waals surface area contributed by atoms with Gasteiger partial charge in [-0.05, 0) is 30.7 Å². The van der Waals surface area contributed by atoms with Gasteiger partial charge in [0, 0.05) is 0 Å². The molecule has 2 rings (SSSR count). The van der Waals surface area contributed by atoms with E-state index in [9.17, 15) is 4.39 Å². The second-order valence-corrected chi connectivity index (χ2v) is 3.50. The predicted octanol–water partition coefficient (Wildman–Crippen LogP) is 2.44. The van der Waals surface area contributed by atoms with Gasteiger partial charge in [-0.3, -0.25) is 5.10 Å². The first-order valence-electron chi connectivity index (χ1n) is 4.85. The fraction of sp³-hybridized carbons (Fsp3) is 0.100. The van der Waals surface area contributed by atoms with Crippen molar-refractivity contribution in [3.63, 3.8) is 0 Å². The van der Waals surface area contributed by atoms with E-state index in [4.69, 9.17) is 11.5 Å². The molecule has 0 aliphatic heterocycles. The summed E-state index contributed by atoms with van der Waals surface area (Å²) in [4.78, 5) is 0. The Hall–Kier alpha value is -2.44. The third-order valence-corrected chi connectivity index (χ3v) is 2.21. The number of H-pyrrole nitrogens is 1. The Morgan fingerprint density at radius 2 is 2.06 bits per heavy atom. The maximum atomic E-state index is 12.9. The molecule has 0 aliphatic rings. The Balaban J connectivity index is 2.32. The average Bonchev–Trinajstić information content (AvgIpc) is 2.58. The Morgan fingerprint density at radius 3 is 2.65 bits per heavy atom. The Kier molecular flexibility index (Phi) is 2.73. The maximum absolute atomic E-state index is 12.9. The van der Waals surface area contributed by atoms with Crippen LogP contribution >= 0.6 is 0 Å². The van der Waals surface area contributed by atoms with Crippen LogP contribution in [0.15, 0.2) is 28.4 Å². The summed E-state index contributed by atoms with van der Waals surface area (Å²) in [6.45, 7) is 1.74. The smallest absolute Gasteiger partial charge is 0.175 e. The van der Waals surface area contributed by atoms with E-state index >= 15 is 0 Å². The molecule has 0 amide bonds. The van der Waals surface area contributed by atoms with E-state index in [2.05, 4.69) is 20.4 Å². The lowest BCUT2D eigenvalue weighted by Gasteiger charge is -1.98. The fourth-order valence-electron chi connectivity index (χ4n) is 1.30. The molecule has 0 unspecified atom stereocenters. The Bertz CT molecular complexity index is 555. The van der Waals surface area contributed by atoms with Gasteiger partial charge in [0.2, 0.25) is 0 Å². The third kappa shape index (κ3) is 2.22. The number of nitrogens with two attached hydrogens (primary N) is 2. The molecule has 1 aromatic heterocycles. The number of rotatable bonds is 2. The highest BCUT2D eigenvalue weighted by atomic mass is 19.1. The lowest BCUT2D eigenvalue weighted by Crippen LogP contribution is -1.84. The van der Waals surface area contributed by atoms with Crippen molar-refractivity contribution in [1.82, 2.24) is 10.2 Å². The summed E-state index contributed by atoms with van der Waals surface area (Å²) in [5.41, 5.74) is 12.6. The summed E-state index contributed by atoms with van der Waals surface area (Å²) in [6, 6.07) is 4.21. The average molecular weight is 234 g/mol. The van der Waals surface area contributed by atoms with Gasteiger partial charge in [0.1, 0.15) is 11.6 Å². The first-order chi connectivity index (χ1) is 8.08. The second-order valence-electron chi connectivity index (χ2n) is 3.50. The van der Waals surface area contributed by atoms with Crippen molar-refractivity contribution in [2.75, 3.05) is 11.5 Å². The van der Waals surface area contributed by atoms with E-state index in [1.165, 1.54) is 18.2 Å². The number of aryl methyl sites for hydroxylation is 1. The van der Waals surface area contributed by atoms with Gasteiger partial charge in [-0.1, -0.05) is 0 Å². The zero-order valence-corrected chi connectivity index (χ0v) is 9.11. The predicted molar refractivity (Wildman–Crippen MR) is 62.7 cm³/mol. The molecule has 1 heterocycles. The van der Waals surface area contributed by atoms with Crippen molar-refractivity contribution in [3.05, 3.63) is 29.6 Å². The molecule has 0 atom stereocenters. The first kappa shape index (κ1) is 11.1. The number of nitrogens with zero attached hydrogens (tertiary/aromatic N) is 3. The van der Waals surface area contributed by atoms with Crippen LogP contribution in [0.3, 0.4) is 0 Å². The molecule has 0 bridgehead atoms. The van der Waals surface area contributed by atoms with E-state index in [1.54, 1.807) is 6.92 Å². The van der Waals surface area contributed by atoms with Gasteiger partial charge in [0.15, 0.2) is 11.5 Å². The van der Waals surface area contributed by atoms with E-state index in [0.717, 1.165) is 0 Å². The van der Waals surface area contributed by atoms with Crippen LogP contribution in [0, 0.1) is 12.7 Å². The highest BCUT2D eigenvalue weighted by molar-refractivity contribution is 5.70. The topological polar surface area (TPSA) is 105 Å². The van der Waals surface area contributed by atoms with E-state index in [1.807, 2.05) is 0 Å². The molecular weight excluding hydrogens is 223 g/mol. The number of anilines is 2. The van der Waals surface area contributed by atoms with Crippen LogP contribution in [0.1, 0.15) is 5.56 Å². The van der Waals surface area contributed by atoms with Crippen molar-refractivity contribution in [2.24, 2.45) is 10.2 Å². The van der Waals surface area contributed by atoms with Crippen molar-refractivity contribution in [3.8, 4) is 0 Å². The van der Waals surface area contributed by atoms with Crippen LogP contribution in [0.5, 0.6) is 0 Å². The summed E-state index contributed by atoms with van der Waals surface area (Å²) in [5.74, 6) is 0.0980. The zero-order chi connectivity index (χ0) is 12.4.